The molecule has 0 bridgehead atoms. The van der Waals surface area contributed by atoms with E-state index in [0.717, 1.165) is 6.54 Å². The van der Waals surface area contributed by atoms with Crippen LogP contribution in [0.4, 0.5) is 0 Å². The fraction of sp³-hybridized carbons (Fsp3) is 0.571. The number of nitrogens with one attached hydrogen (secondary N) is 1. The molecule has 2 rings (SSSR count). The molecule has 3 nitrogen and oxygen atoms in total. The average molecular weight is 137 g/mol. The number of aromatic nitrogens is 2. The molecule has 1 aliphatic carbocycles. The summed E-state index contributed by atoms with van der Waals surface area (Å²) in [4.78, 5) is 7.11. The minimum atomic E-state index is 0.649. The quantitative estimate of drug-likeness (QED) is 0.622. The monoisotopic (exact) mass is 137 g/mol. The highest BCUT2D eigenvalue weighted by Gasteiger charge is 2.38. The molecule has 0 saturated heterocycles. The summed E-state index contributed by atoms with van der Waals surface area (Å²) in [5.41, 5.74) is 6.67. The molecule has 54 valence electrons. The largest absolute Gasteiger partial charge is 0.351 e. The molecule has 2 atom stereocenters. The van der Waals surface area contributed by atoms with Crippen LogP contribution in [0.15, 0.2) is 12.5 Å². The van der Waals surface area contributed by atoms with Crippen LogP contribution < -0.4 is 5.73 Å². The van der Waals surface area contributed by atoms with Gasteiger partial charge < -0.3 is 10.7 Å². The minimum absolute atomic E-state index is 0.649. The molecular weight excluding hydrogens is 126 g/mol. The highest BCUT2D eigenvalue weighted by molar-refractivity contribution is 5.14. The molecule has 3 heteroatoms. The van der Waals surface area contributed by atoms with Crippen LogP contribution in [-0.4, -0.2) is 16.5 Å². The van der Waals surface area contributed by atoms with Crippen molar-refractivity contribution in [1.82, 2.24) is 9.97 Å². The Morgan fingerprint density at radius 1 is 1.80 bits per heavy atom. The topological polar surface area (TPSA) is 54.7 Å². The first kappa shape index (κ1) is 5.92. The van der Waals surface area contributed by atoms with Gasteiger partial charge in [-0.25, -0.2) is 4.98 Å². The molecule has 0 spiro atoms. The Hall–Kier alpha value is -0.830. The van der Waals surface area contributed by atoms with E-state index in [4.69, 9.17) is 5.73 Å². The van der Waals surface area contributed by atoms with E-state index in [9.17, 15) is 0 Å². The Morgan fingerprint density at radius 2 is 2.70 bits per heavy atom. The number of H-pyrrole nitrogens is 1. The van der Waals surface area contributed by atoms with Crippen LogP contribution in [0, 0.1) is 5.92 Å². The molecule has 0 radical (unpaired) electrons. The molecule has 3 N–H and O–H groups in total. The molecule has 1 aromatic rings. The predicted octanol–water partition coefficient (Wildman–Crippen LogP) is 0.472. The summed E-state index contributed by atoms with van der Waals surface area (Å²) in [6.07, 6.45) is 4.91. The Kier molecular flexibility index (Phi) is 1.24. The van der Waals surface area contributed by atoms with Crippen molar-refractivity contribution in [3.63, 3.8) is 0 Å². The predicted molar refractivity (Wildman–Crippen MR) is 38.5 cm³/mol. The van der Waals surface area contributed by atoms with Crippen LogP contribution in [0.2, 0.25) is 0 Å². The van der Waals surface area contributed by atoms with Crippen LogP contribution in [0.5, 0.6) is 0 Å². The van der Waals surface area contributed by atoms with Crippen LogP contribution >= 0.6 is 0 Å². The summed E-state index contributed by atoms with van der Waals surface area (Å²) in [5, 5.41) is 0. The summed E-state index contributed by atoms with van der Waals surface area (Å²) < 4.78 is 0. The Morgan fingerprint density at radius 3 is 3.20 bits per heavy atom. The van der Waals surface area contributed by atoms with E-state index in [1.54, 1.807) is 6.33 Å². The fourth-order valence-electron chi connectivity index (χ4n) is 1.34. The highest BCUT2D eigenvalue weighted by Crippen LogP contribution is 2.45. The van der Waals surface area contributed by atoms with Gasteiger partial charge in [0, 0.05) is 12.1 Å². The van der Waals surface area contributed by atoms with Crippen molar-refractivity contribution in [1.29, 1.82) is 0 Å². The first-order valence-corrected chi connectivity index (χ1v) is 3.60. The van der Waals surface area contributed by atoms with E-state index < -0.39 is 0 Å². The lowest BCUT2D eigenvalue weighted by molar-refractivity contribution is 0.800. The third-order valence-corrected chi connectivity index (χ3v) is 2.12. The zero-order valence-corrected chi connectivity index (χ0v) is 5.75. The van der Waals surface area contributed by atoms with Crippen LogP contribution in [0.1, 0.15) is 18.0 Å². The average Bonchev–Trinajstić information content (AvgIpc) is 2.56. The van der Waals surface area contributed by atoms with Gasteiger partial charge >= 0.3 is 0 Å². The van der Waals surface area contributed by atoms with Crippen molar-refractivity contribution in [3.8, 4) is 0 Å². The van der Waals surface area contributed by atoms with Gasteiger partial charge in [-0.1, -0.05) is 0 Å². The summed E-state index contributed by atoms with van der Waals surface area (Å²) in [5.74, 6) is 1.35. The summed E-state index contributed by atoms with van der Waals surface area (Å²) >= 11 is 0. The summed E-state index contributed by atoms with van der Waals surface area (Å²) in [7, 11) is 0. The van der Waals surface area contributed by atoms with E-state index >= 15 is 0 Å². The van der Waals surface area contributed by atoms with Crippen LogP contribution in [0.3, 0.4) is 0 Å². The molecule has 0 aliphatic heterocycles. The molecule has 1 aliphatic rings. The molecule has 0 amide bonds. The van der Waals surface area contributed by atoms with Gasteiger partial charge in [0.05, 0.1) is 12.0 Å². The van der Waals surface area contributed by atoms with Crippen molar-refractivity contribution in [2.75, 3.05) is 6.54 Å². The third kappa shape index (κ3) is 0.827. The Bertz CT molecular complexity index is 205. The molecule has 10 heavy (non-hydrogen) atoms. The summed E-state index contributed by atoms with van der Waals surface area (Å²) in [6, 6.07) is 0. The standard InChI is InChI=1S/C7H11N3/c8-2-5-1-6(5)7-3-9-4-10-7/h3-6H,1-2,8H2,(H,9,10). The van der Waals surface area contributed by atoms with E-state index in [0.29, 0.717) is 11.8 Å². The van der Waals surface area contributed by atoms with Gasteiger partial charge in [-0.15, -0.1) is 0 Å². The Balaban J connectivity index is 2.05. The molecule has 2 unspecified atom stereocenters. The SMILES string of the molecule is NCC1CC1c1c[nH]cn1. The first-order chi connectivity index (χ1) is 4.92. The zero-order valence-electron chi connectivity index (χ0n) is 5.75. The van der Waals surface area contributed by atoms with Crippen molar-refractivity contribution in [2.45, 2.75) is 12.3 Å². The molecule has 1 saturated carbocycles. The second kappa shape index (κ2) is 2.09. The van der Waals surface area contributed by atoms with Gasteiger partial charge in [-0.05, 0) is 18.9 Å². The maximum absolute atomic E-state index is 5.49. The maximum atomic E-state index is 5.49. The van der Waals surface area contributed by atoms with Crippen LogP contribution in [0.25, 0.3) is 0 Å². The highest BCUT2D eigenvalue weighted by atomic mass is 14.9. The lowest BCUT2D eigenvalue weighted by Gasteiger charge is -1.88. The number of hydrogen-bond acceptors (Lipinski definition) is 2. The second-order valence-corrected chi connectivity index (χ2v) is 2.83. The number of imidazole rings is 1. The van der Waals surface area contributed by atoms with E-state index in [2.05, 4.69) is 9.97 Å². The molecular formula is C7H11N3. The third-order valence-electron chi connectivity index (χ3n) is 2.12. The maximum Gasteiger partial charge on any atom is 0.0923 e. The number of nitrogens with two attached hydrogens (primary N) is 1. The van der Waals surface area contributed by atoms with Gasteiger partial charge in [0.2, 0.25) is 0 Å². The number of hydrogen-bond donors (Lipinski definition) is 2. The molecule has 0 aromatic carbocycles. The zero-order chi connectivity index (χ0) is 6.97. The Labute approximate surface area is 59.7 Å². The van der Waals surface area contributed by atoms with Gasteiger partial charge in [-0.2, -0.15) is 0 Å². The van der Waals surface area contributed by atoms with Crippen molar-refractivity contribution in [3.05, 3.63) is 18.2 Å². The van der Waals surface area contributed by atoms with E-state index in [1.165, 1.54) is 12.1 Å². The smallest absolute Gasteiger partial charge is 0.0923 e. The normalized spacial score (nSPS) is 30.5. The summed E-state index contributed by atoms with van der Waals surface area (Å²) in [6.45, 7) is 0.803. The van der Waals surface area contributed by atoms with Crippen molar-refractivity contribution < 1.29 is 0 Å². The second-order valence-electron chi connectivity index (χ2n) is 2.83. The number of rotatable bonds is 2. The number of aromatic amines is 1. The minimum Gasteiger partial charge on any atom is -0.351 e. The van der Waals surface area contributed by atoms with Gasteiger partial charge in [-0.3, -0.25) is 0 Å². The van der Waals surface area contributed by atoms with Crippen LogP contribution in [-0.2, 0) is 0 Å². The van der Waals surface area contributed by atoms with E-state index in [-0.39, 0.29) is 0 Å². The van der Waals surface area contributed by atoms with Crippen molar-refractivity contribution in [2.24, 2.45) is 11.7 Å². The van der Waals surface area contributed by atoms with E-state index in [1.807, 2.05) is 6.20 Å². The molecule has 1 fully saturated rings. The first-order valence-electron chi connectivity index (χ1n) is 3.60. The van der Waals surface area contributed by atoms with Crippen molar-refractivity contribution >= 4 is 0 Å². The number of nitrogens with zero attached hydrogens (tertiary/aromatic N) is 1. The lowest BCUT2D eigenvalue weighted by atomic mass is 10.2. The lowest BCUT2D eigenvalue weighted by Crippen LogP contribution is -2.01. The fourth-order valence-corrected chi connectivity index (χ4v) is 1.34. The van der Waals surface area contributed by atoms with Gasteiger partial charge in [0.25, 0.3) is 0 Å². The molecule has 1 heterocycles. The van der Waals surface area contributed by atoms with Gasteiger partial charge in [0.1, 0.15) is 0 Å². The molecule has 1 aromatic heterocycles. The van der Waals surface area contributed by atoms with Gasteiger partial charge in [0.15, 0.2) is 0 Å².